The summed E-state index contributed by atoms with van der Waals surface area (Å²) in [5.41, 5.74) is 1.86. The zero-order chi connectivity index (χ0) is 16.2. The summed E-state index contributed by atoms with van der Waals surface area (Å²) in [6.07, 6.45) is 2.01. The number of carbonyl (C=O) groups excluding carboxylic acids is 1. The van der Waals surface area contributed by atoms with Crippen LogP contribution in [-0.2, 0) is 11.2 Å². The van der Waals surface area contributed by atoms with Gasteiger partial charge in [0.1, 0.15) is 5.69 Å². The second-order valence-corrected chi connectivity index (χ2v) is 7.08. The molecular weight excluding hydrogens is 308 g/mol. The molecule has 2 atom stereocenters. The minimum atomic E-state index is 0.0435. The summed E-state index contributed by atoms with van der Waals surface area (Å²) in [5, 5.41) is 2.78. The van der Waals surface area contributed by atoms with Crippen LogP contribution in [0.1, 0.15) is 27.5 Å². The van der Waals surface area contributed by atoms with Crippen molar-refractivity contribution in [2.24, 2.45) is 5.92 Å². The number of ether oxygens (including phenoxy) is 1. The van der Waals surface area contributed by atoms with Crippen LogP contribution in [0.2, 0.25) is 0 Å². The van der Waals surface area contributed by atoms with Crippen LogP contribution in [-0.4, -0.2) is 42.1 Å². The maximum Gasteiger partial charge on any atom is 0.273 e. The van der Waals surface area contributed by atoms with Gasteiger partial charge in [0.05, 0.1) is 11.1 Å². The minimum absolute atomic E-state index is 0.0435. The Balaban J connectivity index is 1.71. The molecule has 23 heavy (non-hydrogen) atoms. The molecule has 122 valence electrons. The van der Waals surface area contributed by atoms with Crippen LogP contribution < -0.4 is 0 Å². The average molecular weight is 330 g/mol. The van der Waals surface area contributed by atoms with Gasteiger partial charge < -0.3 is 9.64 Å². The Morgan fingerprint density at radius 1 is 1.39 bits per heavy atom. The number of hydrogen-bond acceptors (Lipinski definition) is 4. The van der Waals surface area contributed by atoms with Gasteiger partial charge in [-0.2, -0.15) is 0 Å². The zero-order valence-corrected chi connectivity index (χ0v) is 14.4. The van der Waals surface area contributed by atoms with Crippen LogP contribution in [0, 0.1) is 12.8 Å². The summed E-state index contributed by atoms with van der Waals surface area (Å²) in [5.74, 6) is 0.363. The first-order valence-corrected chi connectivity index (χ1v) is 8.83. The van der Waals surface area contributed by atoms with Gasteiger partial charge in [0, 0.05) is 31.5 Å². The highest BCUT2D eigenvalue weighted by Gasteiger charge is 2.32. The standard InChI is InChI=1S/C18H22N2O2S/c1-13-19-16(12-23-13)18(21)20-9-8-17(22-2)15(11-20)10-14-6-4-3-5-7-14/h3-7,12,15,17H,8-11H2,1-2H3/t15-,17+/m1/s1. The smallest absolute Gasteiger partial charge is 0.273 e. The van der Waals surface area contributed by atoms with Crippen LogP contribution in [0.4, 0.5) is 0 Å². The molecule has 1 fully saturated rings. The Bertz CT molecular complexity index is 656. The van der Waals surface area contributed by atoms with Crippen LogP contribution in [0.3, 0.4) is 0 Å². The number of likely N-dealkylation sites (tertiary alicyclic amines) is 1. The third-order valence-electron chi connectivity index (χ3n) is 4.43. The van der Waals surface area contributed by atoms with Gasteiger partial charge in [0.15, 0.2) is 0 Å². The Morgan fingerprint density at radius 3 is 2.83 bits per heavy atom. The third-order valence-corrected chi connectivity index (χ3v) is 5.21. The molecule has 0 radical (unpaired) electrons. The second kappa shape index (κ2) is 7.23. The molecule has 0 aliphatic carbocycles. The molecule has 2 aromatic rings. The Kier molecular flexibility index (Phi) is 5.08. The van der Waals surface area contributed by atoms with E-state index in [0.717, 1.165) is 30.9 Å². The number of amides is 1. The van der Waals surface area contributed by atoms with Crippen molar-refractivity contribution in [1.82, 2.24) is 9.88 Å². The number of aromatic nitrogens is 1. The summed E-state index contributed by atoms with van der Waals surface area (Å²) in [6, 6.07) is 10.4. The number of carbonyl (C=O) groups is 1. The molecule has 2 heterocycles. The molecule has 0 saturated carbocycles. The van der Waals surface area contributed by atoms with E-state index in [-0.39, 0.29) is 12.0 Å². The highest BCUT2D eigenvalue weighted by Crippen LogP contribution is 2.25. The fraction of sp³-hybridized carbons (Fsp3) is 0.444. The van der Waals surface area contributed by atoms with E-state index in [1.165, 1.54) is 16.9 Å². The van der Waals surface area contributed by atoms with Crippen LogP contribution in [0.25, 0.3) is 0 Å². The minimum Gasteiger partial charge on any atom is -0.381 e. The fourth-order valence-electron chi connectivity index (χ4n) is 3.24. The van der Waals surface area contributed by atoms with Crippen molar-refractivity contribution in [3.8, 4) is 0 Å². The van der Waals surface area contributed by atoms with Crippen molar-refractivity contribution in [2.75, 3.05) is 20.2 Å². The lowest BCUT2D eigenvalue weighted by Crippen LogP contribution is -2.47. The normalized spacial score (nSPS) is 21.4. The lowest BCUT2D eigenvalue weighted by atomic mass is 9.88. The van der Waals surface area contributed by atoms with Crippen LogP contribution in [0.5, 0.6) is 0 Å². The summed E-state index contributed by atoms with van der Waals surface area (Å²) >= 11 is 1.52. The van der Waals surface area contributed by atoms with Gasteiger partial charge >= 0.3 is 0 Å². The largest absolute Gasteiger partial charge is 0.381 e. The molecule has 0 N–H and O–H groups in total. The molecule has 1 aliphatic heterocycles. The predicted molar refractivity (Wildman–Crippen MR) is 91.8 cm³/mol. The number of rotatable bonds is 4. The predicted octanol–water partition coefficient (Wildman–Crippen LogP) is 3.17. The summed E-state index contributed by atoms with van der Waals surface area (Å²) < 4.78 is 5.66. The first-order chi connectivity index (χ1) is 11.2. The maximum absolute atomic E-state index is 12.6. The lowest BCUT2D eigenvalue weighted by molar-refractivity contribution is -0.00315. The lowest BCUT2D eigenvalue weighted by Gasteiger charge is -2.37. The average Bonchev–Trinajstić information content (AvgIpc) is 3.01. The van der Waals surface area contributed by atoms with E-state index in [9.17, 15) is 4.79 Å². The quantitative estimate of drug-likeness (QED) is 0.865. The van der Waals surface area contributed by atoms with Gasteiger partial charge in [0.2, 0.25) is 0 Å². The van der Waals surface area contributed by atoms with Crippen molar-refractivity contribution >= 4 is 17.2 Å². The summed E-state index contributed by atoms with van der Waals surface area (Å²) in [6.45, 7) is 3.39. The number of piperidine rings is 1. The third kappa shape index (κ3) is 3.79. The van der Waals surface area contributed by atoms with Crippen molar-refractivity contribution < 1.29 is 9.53 Å². The molecule has 0 spiro atoms. The van der Waals surface area contributed by atoms with E-state index in [2.05, 4.69) is 29.2 Å². The van der Waals surface area contributed by atoms with Gasteiger partial charge in [-0.15, -0.1) is 11.3 Å². The van der Waals surface area contributed by atoms with Crippen LogP contribution in [0.15, 0.2) is 35.7 Å². The molecule has 1 saturated heterocycles. The highest BCUT2D eigenvalue weighted by molar-refractivity contribution is 7.09. The van der Waals surface area contributed by atoms with Crippen LogP contribution >= 0.6 is 11.3 Å². The van der Waals surface area contributed by atoms with E-state index in [4.69, 9.17) is 4.74 Å². The zero-order valence-electron chi connectivity index (χ0n) is 13.6. The van der Waals surface area contributed by atoms with E-state index >= 15 is 0 Å². The van der Waals surface area contributed by atoms with Gasteiger partial charge in [-0.1, -0.05) is 30.3 Å². The molecule has 4 nitrogen and oxygen atoms in total. The second-order valence-electron chi connectivity index (χ2n) is 6.02. The highest BCUT2D eigenvalue weighted by atomic mass is 32.1. The molecule has 0 unspecified atom stereocenters. The van der Waals surface area contributed by atoms with Crippen molar-refractivity contribution in [1.29, 1.82) is 0 Å². The molecule has 3 rings (SSSR count). The van der Waals surface area contributed by atoms with Gasteiger partial charge in [-0.25, -0.2) is 4.98 Å². The number of hydrogen-bond donors (Lipinski definition) is 0. The summed E-state index contributed by atoms with van der Waals surface area (Å²) in [4.78, 5) is 18.9. The Labute approximate surface area is 141 Å². The van der Waals surface area contributed by atoms with Crippen molar-refractivity contribution in [2.45, 2.75) is 25.9 Å². The number of aryl methyl sites for hydroxylation is 1. The SMILES string of the molecule is CO[C@H]1CCN(C(=O)c2csc(C)n2)C[C@H]1Cc1ccccc1. The fourth-order valence-corrected chi connectivity index (χ4v) is 3.83. The molecule has 5 heteroatoms. The van der Waals surface area contributed by atoms with Gasteiger partial charge in [-0.05, 0) is 25.3 Å². The Morgan fingerprint density at radius 2 is 2.17 bits per heavy atom. The Hall–Kier alpha value is -1.72. The number of benzene rings is 1. The van der Waals surface area contributed by atoms with E-state index in [0.29, 0.717) is 11.6 Å². The molecule has 0 bridgehead atoms. The van der Waals surface area contributed by atoms with Gasteiger partial charge in [-0.3, -0.25) is 4.79 Å². The molecule has 1 aliphatic rings. The molecule has 1 aromatic carbocycles. The molecular formula is C18H22N2O2S. The first kappa shape index (κ1) is 16.1. The van der Waals surface area contributed by atoms with Crippen molar-refractivity contribution in [3.63, 3.8) is 0 Å². The maximum atomic E-state index is 12.6. The number of methoxy groups -OCH3 is 1. The molecule has 1 aromatic heterocycles. The van der Waals surface area contributed by atoms with E-state index in [1.54, 1.807) is 7.11 Å². The van der Waals surface area contributed by atoms with Crippen molar-refractivity contribution in [3.05, 3.63) is 52.0 Å². The topological polar surface area (TPSA) is 42.4 Å². The molecule has 1 amide bonds. The first-order valence-electron chi connectivity index (χ1n) is 7.95. The van der Waals surface area contributed by atoms with Gasteiger partial charge in [0.25, 0.3) is 5.91 Å². The number of thiazole rings is 1. The summed E-state index contributed by atoms with van der Waals surface area (Å²) in [7, 11) is 1.77. The van der Waals surface area contributed by atoms with E-state index in [1.807, 2.05) is 23.3 Å². The van der Waals surface area contributed by atoms with E-state index < -0.39 is 0 Å². The number of nitrogens with zero attached hydrogens (tertiary/aromatic N) is 2. The monoisotopic (exact) mass is 330 g/mol.